The van der Waals surface area contributed by atoms with Crippen LogP contribution in [0.1, 0.15) is 5.82 Å². The van der Waals surface area contributed by atoms with Crippen LogP contribution in [0.2, 0.25) is 0 Å². The molecule has 1 heterocycles. The third-order valence-electron chi connectivity index (χ3n) is 2.14. The van der Waals surface area contributed by atoms with Crippen molar-refractivity contribution in [3.05, 3.63) is 41.0 Å². The van der Waals surface area contributed by atoms with Crippen LogP contribution < -0.4 is 11.0 Å². The van der Waals surface area contributed by atoms with Crippen molar-refractivity contribution in [2.75, 3.05) is 0 Å². The Balaban J connectivity index is 2.85. The van der Waals surface area contributed by atoms with Crippen molar-refractivity contribution in [3.63, 3.8) is 0 Å². The predicted octanol–water partition coefficient (Wildman–Crippen LogP) is -0.290. The Hall–Kier alpha value is -2.04. The third kappa shape index (κ3) is 1.63. The van der Waals surface area contributed by atoms with Gasteiger partial charge in [0.15, 0.2) is 11.6 Å². The van der Waals surface area contributed by atoms with Gasteiger partial charge in [0.1, 0.15) is 7.85 Å². The van der Waals surface area contributed by atoms with Gasteiger partial charge in [0.2, 0.25) is 0 Å². The van der Waals surface area contributed by atoms with Crippen LogP contribution in [0.4, 0.5) is 0 Å². The van der Waals surface area contributed by atoms with Crippen LogP contribution in [0.15, 0.2) is 29.6 Å². The highest BCUT2D eigenvalue weighted by molar-refractivity contribution is 6.33. The molecule has 1 aromatic carbocycles. The van der Waals surface area contributed by atoms with Gasteiger partial charge >= 0.3 is 0 Å². The second-order valence-electron chi connectivity index (χ2n) is 3.38. The van der Waals surface area contributed by atoms with E-state index in [1.54, 1.807) is 12.1 Å². The quantitative estimate of drug-likeness (QED) is 0.491. The van der Waals surface area contributed by atoms with E-state index in [-0.39, 0.29) is 17.1 Å². The molecule has 0 atom stereocenters. The second kappa shape index (κ2) is 3.27. The van der Waals surface area contributed by atoms with E-state index in [4.69, 9.17) is 5.11 Å². The largest absolute Gasteiger partial charge is 0.505 e. The lowest BCUT2D eigenvalue weighted by atomic mass is 9.95. The average molecular weight is 200 g/mol. The summed E-state index contributed by atoms with van der Waals surface area (Å²) in [6.07, 6.45) is 0. The fourth-order valence-electron chi connectivity index (χ4n) is 1.39. The van der Waals surface area contributed by atoms with Crippen molar-refractivity contribution >= 4 is 30.0 Å². The van der Waals surface area contributed by atoms with E-state index < -0.39 is 0 Å². The first-order valence-electron chi connectivity index (χ1n) is 4.47. The Bertz CT molecular complexity index is 604. The molecule has 4 nitrogen and oxygen atoms in total. The van der Waals surface area contributed by atoms with E-state index in [0.29, 0.717) is 10.9 Å². The molecule has 1 aromatic heterocycles. The zero-order valence-corrected chi connectivity index (χ0v) is 8.24. The van der Waals surface area contributed by atoms with Crippen LogP contribution in [0, 0.1) is 0 Å². The summed E-state index contributed by atoms with van der Waals surface area (Å²) >= 11 is 0. The Kier molecular flexibility index (Phi) is 2.08. The van der Waals surface area contributed by atoms with Gasteiger partial charge in [-0.05, 0) is 12.1 Å². The van der Waals surface area contributed by atoms with E-state index >= 15 is 0 Å². The van der Waals surface area contributed by atoms with Crippen LogP contribution in [-0.4, -0.2) is 22.9 Å². The normalized spacial score (nSPS) is 10.4. The SMILES string of the molecule is Bc1ccc2c(=O)[nH]c(C(=C)O)nc2c1. The highest BCUT2D eigenvalue weighted by Gasteiger charge is 2.05. The molecule has 2 aromatic rings. The average Bonchev–Trinajstić information content (AvgIpc) is 2.16. The van der Waals surface area contributed by atoms with Gasteiger partial charge in [-0.2, -0.15) is 0 Å². The highest BCUT2D eigenvalue weighted by Crippen LogP contribution is 2.07. The topological polar surface area (TPSA) is 66.0 Å². The molecule has 0 bridgehead atoms. The lowest BCUT2D eigenvalue weighted by Crippen LogP contribution is -2.13. The molecule has 0 aliphatic rings. The number of aliphatic hydroxyl groups excluding tert-OH is 1. The van der Waals surface area contributed by atoms with Crippen molar-refractivity contribution in [2.24, 2.45) is 0 Å². The molecule has 0 fully saturated rings. The summed E-state index contributed by atoms with van der Waals surface area (Å²) < 4.78 is 0. The lowest BCUT2D eigenvalue weighted by molar-refractivity contribution is 0.507. The Morgan fingerprint density at radius 3 is 2.93 bits per heavy atom. The smallest absolute Gasteiger partial charge is 0.259 e. The second-order valence-corrected chi connectivity index (χ2v) is 3.38. The molecule has 0 amide bonds. The van der Waals surface area contributed by atoms with Gasteiger partial charge in [-0.3, -0.25) is 4.79 Å². The molecule has 0 saturated heterocycles. The van der Waals surface area contributed by atoms with Gasteiger partial charge in [0.25, 0.3) is 5.56 Å². The van der Waals surface area contributed by atoms with Gasteiger partial charge in [-0.1, -0.05) is 18.1 Å². The summed E-state index contributed by atoms with van der Waals surface area (Å²) in [4.78, 5) is 18.1. The maximum atomic E-state index is 11.6. The van der Waals surface area contributed by atoms with Gasteiger partial charge in [-0.25, -0.2) is 4.98 Å². The fraction of sp³-hybridized carbons (Fsp3) is 0. The molecular weight excluding hydrogens is 191 g/mol. The number of nitrogens with zero attached hydrogens (tertiary/aromatic N) is 1. The molecule has 0 radical (unpaired) electrons. The number of aromatic nitrogens is 2. The van der Waals surface area contributed by atoms with Crippen molar-refractivity contribution in [3.8, 4) is 0 Å². The number of aromatic amines is 1. The number of fused-ring (bicyclic) bond motifs is 1. The van der Waals surface area contributed by atoms with Gasteiger partial charge in [0, 0.05) is 0 Å². The number of benzene rings is 1. The molecule has 2 N–H and O–H groups in total. The molecule has 74 valence electrons. The number of rotatable bonds is 1. The molecule has 0 aliphatic carbocycles. The summed E-state index contributed by atoms with van der Waals surface area (Å²) in [6.45, 7) is 3.32. The number of nitrogens with one attached hydrogen (secondary N) is 1. The summed E-state index contributed by atoms with van der Waals surface area (Å²) in [5.74, 6) is -0.131. The summed E-state index contributed by atoms with van der Waals surface area (Å²) in [5.41, 5.74) is 1.30. The van der Waals surface area contributed by atoms with Crippen LogP contribution in [0.3, 0.4) is 0 Å². The number of aliphatic hydroxyl groups is 1. The Morgan fingerprint density at radius 1 is 1.53 bits per heavy atom. The zero-order valence-electron chi connectivity index (χ0n) is 8.24. The zero-order chi connectivity index (χ0) is 11.0. The molecule has 0 saturated carbocycles. The summed E-state index contributed by atoms with van der Waals surface area (Å²) in [6, 6.07) is 5.34. The van der Waals surface area contributed by atoms with Gasteiger partial charge < -0.3 is 10.1 Å². The maximum absolute atomic E-state index is 11.6. The number of hydrogen-bond donors (Lipinski definition) is 2. The van der Waals surface area contributed by atoms with Crippen LogP contribution in [-0.2, 0) is 0 Å². The fourth-order valence-corrected chi connectivity index (χ4v) is 1.39. The molecule has 5 heteroatoms. The van der Waals surface area contributed by atoms with Crippen LogP contribution >= 0.6 is 0 Å². The van der Waals surface area contributed by atoms with Crippen LogP contribution in [0.25, 0.3) is 16.7 Å². The van der Waals surface area contributed by atoms with E-state index in [1.165, 1.54) is 0 Å². The van der Waals surface area contributed by atoms with E-state index in [1.807, 2.05) is 13.9 Å². The Morgan fingerprint density at radius 2 is 2.27 bits per heavy atom. The number of hydrogen-bond acceptors (Lipinski definition) is 3. The predicted molar refractivity (Wildman–Crippen MR) is 62.2 cm³/mol. The maximum Gasteiger partial charge on any atom is 0.259 e. The van der Waals surface area contributed by atoms with Gasteiger partial charge in [0.05, 0.1) is 10.9 Å². The minimum absolute atomic E-state index is 0.109. The first-order valence-corrected chi connectivity index (χ1v) is 4.47. The molecule has 0 unspecified atom stereocenters. The van der Waals surface area contributed by atoms with Crippen molar-refractivity contribution in [2.45, 2.75) is 0 Å². The molecule has 0 spiro atoms. The minimum atomic E-state index is -0.273. The van der Waals surface area contributed by atoms with Crippen LogP contribution in [0.5, 0.6) is 0 Å². The number of H-pyrrole nitrogens is 1. The first kappa shape index (κ1) is 9.52. The van der Waals surface area contributed by atoms with Crippen molar-refractivity contribution in [1.82, 2.24) is 9.97 Å². The standard InChI is InChI=1S/C10H9BN2O2/c1-5(14)9-12-8-4-6(11)2-3-7(8)10(15)13-9/h2-4,14H,1,11H2,(H,12,13,15). The highest BCUT2D eigenvalue weighted by atomic mass is 16.3. The molecule has 2 rings (SSSR count). The van der Waals surface area contributed by atoms with E-state index in [2.05, 4.69) is 16.5 Å². The minimum Gasteiger partial charge on any atom is -0.505 e. The van der Waals surface area contributed by atoms with Crippen molar-refractivity contribution < 1.29 is 5.11 Å². The van der Waals surface area contributed by atoms with Crippen molar-refractivity contribution in [1.29, 1.82) is 0 Å². The Labute approximate surface area is 86.7 Å². The van der Waals surface area contributed by atoms with E-state index in [9.17, 15) is 4.79 Å². The summed E-state index contributed by atoms with van der Waals surface area (Å²) in [7, 11) is 1.91. The molecule has 15 heavy (non-hydrogen) atoms. The third-order valence-corrected chi connectivity index (χ3v) is 2.14. The lowest BCUT2D eigenvalue weighted by Gasteiger charge is -2.01. The molecule has 0 aliphatic heterocycles. The van der Waals surface area contributed by atoms with E-state index in [0.717, 1.165) is 5.46 Å². The molecular formula is C10H9BN2O2. The van der Waals surface area contributed by atoms with Gasteiger partial charge in [-0.15, -0.1) is 0 Å². The first-order chi connectivity index (χ1) is 7.08. The summed E-state index contributed by atoms with van der Waals surface area (Å²) in [5, 5.41) is 9.66. The monoisotopic (exact) mass is 200 g/mol.